The van der Waals surface area contributed by atoms with Gasteiger partial charge in [0.25, 0.3) is 0 Å². The van der Waals surface area contributed by atoms with Crippen LogP contribution in [0.5, 0.6) is 0 Å². The Morgan fingerprint density at radius 3 is 2.69 bits per heavy atom. The summed E-state index contributed by atoms with van der Waals surface area (Å²) in [5.41, 5.74) is 0. The van der Waals surface area contributed by atoms with Crippen molar-refractivity contribution in [1.29, 1.82) is 0 Å². The first-order valence-corrected chi connectivity index (χ1v) is 12.1. The van der Waals surface area contributed by atoms with Crippen LogP contribution in [0.3, 0.4) is 0 Å². The molecule has 1 unspecified atom stereocenters. The molecule has 0 amide bonds. The molecule has 0 bridgehead atoms. The lowest BCUT2D eigenvalue weighted by Gasteiger charge is -2.34. The maximum Gasteiger partial charge on any atom is 0.191 e. The second-order valence-corrected chi connectivity index (χ2v) is 9.66. The van der Waals surface area contributed by atoms with Gasteiger partial charge in [0, 0.05) is 45.3 Å². The molecule has 166 valence electrons. The number of rotatable bonds is 7. The Bertz CT molecular complexity index is 584. The number of hydrogen-bond donors (Lipinski definition) is 2. The number of hydrogen-bond acceptors (Lipinski definition) is 4. The summed E-state index contributed by atoms with van der Waals surface area (Å²) in [7, 11) is 0. The number of nitrogens with one attached hydrogen (secondary N) is 2. The first kappa shape index (κ1) is 24.7. The van der Waals surface area contributed by atoms with Crippen LogP contribution < -0.4 is 15.5 Å². The van der Waals surface area contributed by atoms with Crippen molar-refractivity contribution >= 4 is 46.3 Å². The Balaban J connectivity index is 0.00000300. The van der Waals surface area contributed by atoms with Crippen molar-refractivity contribution in [3.8, 4) is 0 Å². The van der Waals surface area contributed by atoms with Crippen LogP contribution in [0, 0.1) is 11.8 Å². The summed E-state index contributed by atoms with van der Waals surface area (Å²) in [5.74, 6) is 2.46. The zero-order valence-corrected chi connectivity index (χ0v) is 21.5. The molecule has 3 rings (SSSR count). The highest BCUT2D eigenvalue weighted by molar-refractivity contribution is 14.0. The summed E-state index contributed by atoms with van der Waals surface area (Å²) in [6, 6.07) is 4.91. The molecule has 7 heteroatoms. The number of thiophene rings is 1. The van der Waals surface area contributed by atoms with Gasteiger partial charge in [-0.2, -0.15) is 0 Å². The smallest absolute Gasteiger partial charge is 0.191 e. The zero-order valence-electron chi connectivity index (χ0n) is 18.4. The van der Waals surface area contributed by atoms with Gasteiger partial charge in [0.2, 0.25) is 0 Å². The van der Waals surface area contributed by atoms with Crippen molar-refractivity contribution in [3.05, 3.63) is 17.5 Å². The molecule has 2 N–H and O–H groups in total. The van der Waals surface area contributed by atoms with Crippen molar-refractivity contribution in [3.63, 3.8) is 0 Å². The Morgan fingerprint density at radius 2 is 2.03 bits per heavy atom. The summed E-state index contributed by atoms with van der Waals surface area (Å²) in [6.07, 6.45) is 4.98. The topological polar surface area (TPSA) is 42.9 Å². The molecule has 1 aromatic rings. The molecule has 1 atom stereocenters. The number of piperidine rings is 2. The van der Waals surface area contributed by atoms with Gasteiger partial charge in [0.05, 0.1) is 5.00 Å². The van der Waals surface area contributed by atoms with Crippen molar-refractivity contribution in [2.24, 2.45) is 16.8 Å². The van der Waals surface area contributed by atoms with E-state index in [0.29, 0.717) is 12.0 Å². The Morgan fingerprint density at radius 1 is 1.24 bits per heavy atom. The number of aliphatic imine (C=N–C) groups is 1. The first-order valence-electron chi connectivity index (χ1n) is 11.2. The molecular weight excluding hydrogens is 493 g/mol. The highest BCUT2D eigenvalue weighted by Crippen LogP contribution is 2.24. The molecule has 29 heavy (non-hydrogen) atoms. The van der Waals surface area contributed by atoms with Gasteiger partial charge in [-0.25, -0.2) is 0 Å². The minimum atomic E-state index is 0. The number of halogens is 1. The minimum absolute atomic E-state index is 0. The second kappa shape index (κ2) is 13.0. The van der Waals surface area contributed by atoms with Crippen molar-refractivity contribution in [1.82, 2.24) is 15.5 Å². The average molecular weight is 534 g/mol. The van der Waals surface area contributed by atoms with E-state index in [1.54, 1.807) is 0 Å². The predicted octanol–water partition coefficient (Wildman–Crippen LogP) is 4.26. The third-order valence-corrected chi connectivity index (χ3v) is 6.66. The molecule has 0 radical (unpaired) electrons. The van der Waals surface area contributed by atoms with Gasteiger partial charge in [-0.15, -0.1) is 35.3 Å². The monoisotopic (exact) mass is 533 g/mol. The SMILES string of the molecule is CCNC(=NCC1CCCN(CC(C)C)C1)NC1CCN(c2cccs2)CC1.I. The summed E-state index contributed by atoms with van der Waals surface area (Å²) in [5, 5.41) is 10.7. The molecule has 0 saturated carbocycles. The zero-order chi connectivity index (χ0) is 19.8. The number of likely N-dealkylation sites (tertiary alicyclic amines) is 1. The van der Waals surface area contributed by atoms with Crippen LogP contribution >= 0.6 is 35.3 Å². The van der Waals surface area contributed by atoms with Crippen molar-refractivity contribution in [2.75, 3.05) is 50.7 Å². The van der Waals surface area contributed by atoms with E-state index < -0.39 is 0 Å². The lowest BCUT2D eigenvalue weighted by atomic mass is 9.97. The molecule has 2 saturated heterocycles. The van der Waals surface area contributed by atoms with Crippen LogP contribution in [0.25, 0.3) is 0 Å². The Labute approximate surface area is 198 Å². The van der Waals surface area contributed by atoms with Crippen LogP contribution in [0.4, 0.5) is 5.00 Å². The number of anilines is 1. The average Bonchev–Trinajstić information content (AvgIpc) is 3.21. The fraction of sp³-hybridized carbons (Fsp3) is 0.773. The van der Waals surface area contributed by atoms with E-state index in [-0.39, 0.29) is 24.0 Å². The van der Waals surface area contributed by atoms with Crippen LogP contribution in [0.1, 0.15) is 46.5 Å². The van der Waals surface area contributed by atoms with Gasteiger partial charge in [-0.1, -0.05) is 13.8 Å². The van der Waals surface area contributed by atoms with E-state index in [9.17, 15) is 0 Å². The van der Waals surface area contributed by atoms with Crippen LogP contribution in [0.2, 0.25) is 0 Å². The standard InChI is InChI=1S/C22H39N5S.HI/c1-4-23-22(24-15-19-7-5-11-26(17-19)16-18(2)3)25-20-9-12-27(13-10-20)21-8-6-14-28-21;/h6,8,14,18-20H,4-5,7,9-13,15-17H2,1-3H3,(H2,23,24,25);1H. The fourth-order valence-electron chi connectivity index (χ4n) is 4.41. The Hall–Kier alpha value is -0.540. The van der Waals surface area contributed by atoms with Crippen molar-refractivity contribution < 1.29 is 0 Å². The summed E-state index contributed by atoms with van der Waals surface area (Å²) < 4.78 is 0. The van der Waals surface area contributed by atoms with E-state index in [1.165, 1.54) is 50.3 Å². The predicted molar refractivity (Wildman–Crippen MR) is 138 cm³/mol. The third-order valence-electron chi connectivity index (χ3n) is 5.73. The lowest BCUT2D eigenvalue weighted by molar-refractivity contribution is 0.162. The Kier molecular flexibility index (Phi) is 11.1. The number of nitrogens with zero attached hydrogens (tertiary/aromatic N) is 3. The summed E-state index contributed by atoms with van der Waals surface area (Å²) >= 11 is 1.85. The van der Waals surface area contributed by atoms with Crippen molar-refractivity contribution in [2.45, 2.75) is 52.5 Å². The molecule has 2 aliphatic rings. The molecule has 0 spiro atoms. The van der Waals surface area contributed by atoms with E-state index >= 15 is 0 Å². The lowest BCUT2D eigenvalue weighted by Crippen LogP contribution is -2.49. The number of guanidine groups is 1. The maximum absolute atomic E-state index is 4.97. The van der Waals surface area contributed by atoms with Gasteiger partial charge >= 0.3 is 0 Å². The molecule has 1 aromatic heterocycles. The fourth-order valence-corrected chi connectivity index (χ4v) is 5.20. The van der Waals surface area contributed by atoms with Gasteiger partial charge < -0.3 is 20.4 Å². The van der Waals surface area contributed by atoms with Crippen LogP contribution in [-0.4, -0.2) is 62.7 Å². The summed E-state index contributed by atoms with van der Waals surface area (Å²) in [4.78, 5) is 10.1. The third kappa shape index (κ3) is 8.25. The van der Waals surface area contributed by atoms with Crippen LogP contribution in [0.15, 0.2) is 22.5 Å². The minimum Gasteiger partial charge on any atom is -0.363 e. The second-order valence-electron chi connectivity index (χ2n) is 8.74. The van der Waals surface area contributed by atoms with E-state index in [1.807, 2.05) is 11.3 Å². The molecule has 0 aliphatic carbocycles. The van der Waals surface area contributed by atoms with E-state index in [4.69, 9.17) is 4.99 Å². The van der Waals surface area contributed by atoms with Crippen LogP contribution in [-0.2, 0) is 0 Å². The van der Waals surface area contributed by atoms with E-state index in [0.717, 1.165) is 38.1 Å². The molecule has 2 fully saturated rings. The largest absolute Gasteiger partial charge is 0.363 e. The molecule has 0 aromatic carbocycles. The first-order chi connectivity index (χ1) is 13.6. The molecule has 5 nitrogen and oxygen atoms in total. The quantitative estimate of drug-likeness (QED) is 0.313. The highest BCUT2D eigenvalue weighted by atomic mass is 127. The van der Waals surface area contributed by atoms with Gasteiger partial charge in [-0.3, -0.25) is 4.99 Å². The summed E-state index contributed by atoms with van der Waals surface area (Å²) in [6.45, 7) is 14.6. The molecular formula is C22H40IN5S. The molecule has 3 heterocycles. The molecule has 2 aliphatic heterocycles. The van der Waals surface area contributed by atoms with E-state index in [2.05, 4.69) is 58.7 Å². The van der Waals surface area contributed by atoms with Gasteiger partial charge in [0.1, 0.15) is 0 Å². The van der Waals surface area contributed by atoms with Gasteiger partial charge in [0.15, 0.2) is 5.96 Å². The maximum atomic E-state index is 4.97. The normalized spacial score (nSPS) is 21.9. The van der Waals surface area contributed by atoms with Gasteiger partial charge in [-0.05, 0) is 68.5 Å². The highest BCUT2D eigenvalue weighted by Gasteiger charge is 2.22.